The number of carbonyl (C=O) groups excluding carboxylic acids is 1. The second-order valence-corrected chi connectivity index (χ2v) is 9.40. The lowest BCUT2D eigenvalue weighted by atomic mass is 9.34. The van der Waals surface area contributed by atoms with Gasteiger partial charge < -0.3 is 16.0 Å². The summed E-state index contributed by atoms with van der Waals surface area (Å²) < 4.78 is 39.6. The van der Waals surface area contributed by atoms with Gasteiger partial charge in [-0.1, -0.05) is 6.08 Å². The average Bonchev–Trinajstić information content (AvgIpc) is 2.94. The summed E-state index contributed by atoms with van der Waals surface area (Å²) in [4.78, 5) is 27.8. The Balaban J connectivity index is 1.32. The average molecular weight is 446 g/mol. The molecule has 170 valence electrons. The van der Waals surface area contributed by atoms with Crippen LogP contribution in [-0.2, 0) is 4.79 Å². The van der Waals surface area contributed by atoms with Crippen molar-refractivity contribution < 1.29 is 18.0 Å². The third-order valence-electron chi connectivity index (χ3n) is 7.40. The first kappa shape index (κ1) is 21.0. The molecule has 2 aliphatic heterocycles. The van der Waals surface area contributed by atoms with Crippen molar-refractivity contribution in [1.82, 2.24) is 14.9 Å². The molecule has 3 N–H and O–H groups in total. The molecule has 1 aromatic heterocycles. The Bertz CT molecular complexity index is 1030. The number of nitrogens with one attached hydrogen (secondary N) is 1. The Labute approximate surface area is 183 Å². The molecule has 6 rings (SSSR count). The summed E-state index contributed by atoms with van der Waals surface area (Å²) in [7, 11) is 1.63. The standard InChI is InChI=1S/C22H25F3N6O/c1-27-9-14(8-26)29-19-28-5-4-17(30-19)13-6-15-2-3-16(7-13)31(15)18(32)20-10-21(11-20,12-20)22(23,24)25/h4-6,8-9,15-16H,2-3,7,10-12,26H2,1H3,(H,28,29,30)/b14-8+,27-9?. The van der Waals surface area contributed by atoms with Crippen LogP contribution in [0.4, 0.5) is 19.1 Å². The van der Waals surface area contributed by atoms with Crippen molar-refractivity contribution in [2.75, 3.05) is 12.4 Å². The molecule has 0 radical (unpaired) electrons. The van der Waals surface area contributed by atoms with Gasteiger partial charge in [-0.3, -0.25) is 9.79 Å². The summed E-state index contributed by atoms with van der Waals surface area (Å²) in [5.41, 5.74) is 5.53. The molecule has 10 heteroatoms. The van der Waals surface area contributed by atoms with E-state index in [0.29, 0.717) is 18.1 Å². The summed E-state index contributed by atoms with van der Waals surface area (Å²) in [6.07, 6.45) is 4.60. The van der Waals surface area contributed by atoms with Crippen LogP contribution in [0.15, 0.2) is 35.2 Å². The van der Waals surface area contributed by atoms with Gasteiger partial charge in [0, 0.05) is 31.7 Å². The first-order valence-corrected chi connectivity index (χ1v) is 10.7. The first-order valence-electron chi connectivity index (χ1n) is 10.7. The van der Waals surface area contributed by atoms with E-state index in [-0.39, 0.29) is 37.3 Å². The van der Waals surface area contributed by atoms with E-state index >= 15 is 0 Å². The van der Waals surface area contributed by atoms with Crippen LogP contribution >= 0.6 is 0 Å². The lowest BCUT2D eigenvalue weighted by Gasteiger charge is -2.70. The van der Waals surface area contributed by atoms with Gasteiger partial charge in [0.1, 0.15) is 0 Å². The van der Waals surface area contributed by atoms with E-state index in [9.17, 15) is 18.0 Å². The Hall–Kier alpha value is -2.91. The fourth-order valence-electron chi connectivity index (χ4n) is 5.91. The highest BCUT2D eigenvalue weighted by Crippen LogP contribution is 2.79. The van der Waals surface area contributed by atoms with Gasteiger partial charge in [0.2, 0.25) is 11.9 Å². The number of halogens is 3. The van der Waals surface area contributed by atoms with E-state index in [2.05, 4.69) is 20.3 Å². The molecule has 3 saturated carbocycles. The van der Waals surface area contributed by atoms with E-state index in [4.69, 9.17) is 5.73 Å². The number of nitrogens with two attached hydrogens (primary N) is 1. The molecule has 4 bridgehead atoms. The summed E-state index contributed by atoms with van der Waals surface area (Å²) in [6, 6.07) is 1.73. The largest absolute Gasteiger partial charge is 0.403 e. The Morgan fingerprint density at radius 3 is 2.72 bits per heavy atom. The number of anilines is 1. The molecule has 0 aromatic carbocycles. The fourth-order valence-corrected chi connectivity index (χ4v) is 5.91. The maximum absolute atomic E-state index is 13.2. The normalized spacial score (nSPS) is 33.6. The van der Waals surface area contributed by atoms with Crippen LogP contribution in [0.3, 0.4) is 0 Å². The van der Waals surface area contributed by atoms with E-state index in [1.165, 1.54) is 6.20 Å². The number of allylic oxidation sites excluding steroid dienone is 1. The van der Waals surface area contributed by atoms with Gasteiger partial charge in [0.05, 0.1) is 28.3 Å². The van der Waals surface area contributed by atoms with Crippen LogP contribution in [0.1, 0.15) is 44.2 Å². The van der Waals surface area contributed by atoms with Gasteiger partial charge in [-0.25, -0.2) is 9.97 Å². The van der Waals surface area contributed by atoms with Crippen LogP contribution in [0.25, 0.3) is 5.57 Å². The van der Waals surface area contributed by atoms with Crippen molar-refractivity contribution in [3.8, 4) is 0 Å². The number of carbonyl (C=O) groups is 1. The SMILES string of the molecule is CN=C/C(=C\N)Nc1nccc(C2=CC3CCC(C2)N3C(=O)C23CC(C(F)(F)F)(C2)C3)n1. The fraction of sp³-hybridized carbons (Fsp3) is 0.545. The molecule has 4 fully saturated rings. The molecular weight excluding hydrogens is 421 g/mol. The zero-order chi connectivity index (χ0) is 22.7. The van der Waals surface area contributed by atoms with E-state index < -0.39 is 17.0 Å². The number of hydrogen-bond acceptors (Lipinski definition) is 6. The molecule has 2 atom stereocenters. The van der Waals surface area contributed by atoms with Gasteiger partial charge >= 0.3 is 6.18 Å². The zero-order valence-corrected chi connectivity index (χ0v) is 17.7. The maximum atomic E-state index is 13.2. The lowest BCUT2D eigenvalue weighted by molar-refractivity contribution is -0.353. The van der Waals surface area contributed by atoms with Gasteiger partial charge in [-0.05, 0) is 50.2 Å². The van der Waals surface area contributed by atoms with Crippen LogP contribution in [0, 0.1) is 10.8 Å². The molecule has 32 heavy (non-hydrogen) atoms. The highest BCUT2D eigenvalue weighted by atomic mass is 19.4. The third kappa shape index (κ3) is 3.02. The topological polar surface area (TPSA) is 96.5 Å². The Kier molecular flexibility index (Phi) is 4.62. The minimum Gasteiger partial charge on any atom is -0.403 e. The minimum absolute atomic E-state index is 0.00135. The van der Waals surface area contributed by atoms with Crippen molar-refractivity contribution in [1.29, 1.82) is 0 Å². The molecule has 3 aliphatic carbocycles. The molecule has 2 unspecified atom stereocenters. The Morgan fingerprint density at radius 2 is 2.09 bits per heavy atom. The Morgan fingerprint density at radius 1 is 1.34 bits per heavy atom. The zero-order valence-electron chi connectivity index (χ0n) is 17.7. The van der Waals surface area contributed by atoms with Crippen molar-refractivity contribution in [2.24, 2.45) is 21.6 Å². The molecule has 1 saturated heterocycles. The molecule has 0 spiro atoms. The summed E-state index contributed by atoms with van der Waals surface area (Å²) >= 11 is 0. The number of amides is 1. The summed E-state index contributed by atoms with van der Waals surface area (Å²) in [5, 5.41) is 3.01. The van der Waals surface area contributed by atoms with Crippen LogP contribution in [0.2, 0.25) is 0 Å². The number of aromatic nitrogens is 2. The third-order valence-corrected chi connectivity index (χ3v) is 7.40. The number of hydrogen-bond donors (Lipinski definition) is 2. The van der Waals surface area contributed by atoms with Crippen LogP contribution in [0.5, 0.6) is 0 Å². The summed E-state index contributed by atoms with van der Waals surface area (Å²) in [6.45, 7) is 0. The van der Waals surface area contributed by atoms with Gasteiger partial charge in [-0.2, -0.15) is 13.2 Å². The van der Waals surface area contributed by atoms with Gasteiger partial charge in [-0.15, -0.1) is 0 Å². The van der Waals surface area contributed by atoms with E-state index in [1.807, 2.05) is 17.0 Å². The van der Waals surface area contributed by atoms with Crippen LogP contribution < -0.4 is 11.1 Å². The lowest BCUT2D eigenvalue weighted by Crippen LogP contribution is -2.73. The predicted molar refractivity (Wildman–Crippen MR) is 113 cm³/mol. The summed E-state index contributed by atoms with van der Waals surface area (Å²) in [5.74, 6) is 0.296. The molecule has 1 amide bonds. The highest BCUT2D eigenvalue weighted by Gasteiger charge is 2.81. The van der Waals surface area contributed by atoms with Crippen molar-refractivity contribution in [3.05, 3.63) is 35.9 Å². The van der Waals surface area contributed by atoms with E-state index in [0.717, 1.165) is 24.1 Å². The molecule has 1 aromatic rings. The van der Waals surface area contributed by atoms with Crippen LogP contribution in [-0.4, -0.2) is 52.3 Å². The predicted octanol–water partition coefficient (Wildman–Crippen LogP) is 3.27. The minimum atomic E-state index is -4.20. The molecular formula is C22H25F3N6O. The number of fused-ring (bicyclic) bond motifs is 2. The quantitative estimate of drug-likeness (QED) is 0.677. The van der Waals surface area contributed by atoms with Gasteiger partial charge in [0.15, 0.2) is 0 Å². The second-order valence-electron chi connectivity index (χ2n) is 9.40. The smallest absolute Gasteiger partial charge is 0.394 e. The maximum Gasteiger partial charge on any atom is 0.394 e. The van der Waals surface area contributed by atoms with Crippen molar-refractivity contribution >= 4 is 23.6 Å². The number of nitrogens with zero attached hydrogens (tertiary/aromatic N) is 4. The van der Waals surface area contributed by atoms with Crippen molar-refractivity contribution in [3.63, 3.8) is 0 Å². The molecule has 3 heterocycles. The molecule has 7 nitrogen and oxygen atoms in total. The monoisotopic (exact) mass is 446 g/mol. The van der Waals surface area contributed by atoms with Gasteiger partial charge in [0.25, 0.3) is 0 Å². The first-order chi connectivity index (χ1) is 15.2. The highest BCUT2D eigenvalue weighted by molar-refractivity contribution is 5.88. The number of rotatable bonds is 5. The number of aliphatic imine (C=N–C) groups is 1. The number of alkyl halides is 3. The molecule has 5 aliphatic rings. The van der Waals surface area contributed by atoms with Crippen molar-refractivity contribution in [2.45, 2.75) is 56.8 Å². The van der Waals surface area contributed by atoms with E-state index in [1.54, 1.807) is 19.5 Å². The second kappa shape index (κ2) is 7.05.